The highest BCUT2D eigenvalue weighted by atomic mass is 32.2. The molecule has 2 amide bonds. The molecule has 1 saturated carbocycles. The maximum Gasteiger partial charge on any atom is 0.312 e. The van der Waals surface area contributed by atoms with Gasteiger partial charge < -0.3 is 11.1 Å². The number of rotatable bonds is 3. The lowest BCUT2D eigenvalue weighted by Gasteiger charge is -2.35. The third kappa shape index (κ3) is 3.10. The number of hydrogen-bond acceptors (Lipinski definition) is 2. The minimum atomic E-state index is -0.404. The normalized spacial score (nSPS) is 21.0. The number of urea groups is 1. The molecule has 4 heteroatoms. The monoisotopic (exact) mass is 202 g/mol. The SMILES string of the molecule is CSC1(CNC(N)=O)CCCCC1. The van der Waals surface area contributed by atoms with E-state index < -0.39 is 6.03 Å². The Balaban J connectivity index is 2.42. The molecule has 0 aromatic rings. The van der Waals surface area contributed by atoms with Gasteiger partial charge in [0.15, 0.2) is 0 Å². The number of carbonyl (C=O) groups is 1. The Morgan fingerprint density at radius 2 is 2.08 bits per heavy atom. The minimum Gasteiger partial charge on any atom is -0.352 e. The van der Waals surface area contributed by atoms with Gasteiger partial charge in [0.25, 0.3) is 0 Å². The first-order chi connectivity index (χ1) is 6.18. The lowest BCUT2D eigenvalue weighted by molar-refractivity contribution is 0.246. The molecule has 0 unspecified atom stereocenters. The van der Waals surface area contributed by atoms with Crippen LogP contribution in [0.5, 0.6) is 0 Å². The minimum absolute atomic E-state index is 0.257. The van der Waals surface area contributed by atoms with Crippen molar-refractivity contribution < 1.29 is 4.79 Å². The Bertz CT molecular complexity index is 178. The first-order valence-electron chi connectivity index (χ1n) is 4.77. The third-order valence-electron chi connectivity index (χ3n) is 2.78. The van der Waals surface area contributed by atoms with Crippen molar-refractivity contribution in [2.24, 2.45) is 5.73 Å². The molecule has 0 aromatic carbocycles. The van der Waals surface area contributed by atoms with Gasteiger partial charge in [-0.05, 0) is 19.1 Å². The quantitative estimate of drug-likeness (QED) is 0.732. The standard InChI is InChI=1S/C9H18N2OS/c1-13-9(7-11-8(10)12)5-3-2-4-6-9/h2-7H2,1H3,(H3,10,11,12). The van der Waals surface area contributed by atoms with Gasteiger partial charge in [-0.15, -0.1) is 0 Å². The van der Waals surface area contributed by atoms with Crippen LogP contribution in [0.3, 0.4) is 0 Å². The lowest BCUT2D eigenvalue weighted by atomic mass is 9.88. The number of carbonyl (C=O) groups excluding carboxylic acids is 1. The topological polar surface area (TPSA) is 55.1 Å². The number of hydrogen-bond donors (Lipinski definition) is 2. The average Bonchev–Trinajstić information content (AvgIpc) is 2.16. The summed E-state index contributed by atoms with van der Waals surface area (Å²) in [7, 11) is 0. The van der Waals surface area contributed by atoms with E-state index in [9.17, 15) is 4.79 Å². The lowest BCUT2D eigenvalue weighted by Crippen LogP contribution is -2.43. The van der Waals surface area contributed by atoms with E-state index in [0.29, 0.717) is 0 Å². The van der Waals surface area contributed by atoms with Crippen LogP contribution < -0.4 is 11.1 Å². The molecule has 1 aliphatic rings. The van der Waals surface area contributed by atoms with Crippen molar-refractivity contribution in [1.29, 1.82) is 0 Å². The highest BCUT2D eigenvalue weighted by Crippen LogP contribution is 2.37. The highest BCUT2D eigenvalue weighted by molar-refractivity contribution is 8.00. The zero-order chi connectivity index (χ0) is 9.73. The Morgan fingerprint density at radius 3 is 2.54 bits per heavy atom. The zero-order valence-corrected chi connectivity index (χ0v) is 8.95. The van der Waals surface area contributed by atoms with Crippen LogP contribution in [0.4, 0.5) is 4.79 Å². The van der Waals surface area contributed by atoms with Gasteiger partial charge in [0.05, 0.1) is 0 Å². The third-order valence-corrected chi connectivity index (χ3v) is 4.20. The molecular weight excluding hydrogens is 184 g/mol. The van der Waals surface area contributed by atoms with E-state index in [-0.39, 0.29) is 4.75 Å². The van der Waals surface area contributed by atoms with Crippen molar-refractivity contribution in [3.63, 3.8) is 0 Å². The number of nitrogens with one attached hydrogen (secondary N) is 1. The van der Waals surface area contributed by atoms with Crippen molar-refractivity contribution in [3.8, 4) is 0 Å². The Morgan fingerprint density at radius 1 is 1.46 bits per heavy atom. The Kier molecular flexibility index (Phi) is 3.90. The predicted octanol–water partition coefficient (Wildman–Crippen LogP) is 1.72. The molecule has 1 fully saturated rings. The maximum absolute atomic E-state index is 10.6. The van der Waals surface area contributed by atoms with Crippen molar-refractivity contribution in [2.75, 3.05) is 12.8 Å². The molecule has 0 aliphatic heterocycles. The van der Waals surface area contributed by atoms with Gasteiger partial charge in [-0.2, -0.15) is 11.8 Å². The highest BCUT2D eigenvalue weighted by Gasteiger charge is 2.30. The number of thioether (sulfide) groups is 1. The summed E-state index contributed by atoms with van der Waals surface area (Å²) in [6, 6.07) is -0.404. The molecule has 1 aliphatic carbocycles. The Labute approximate surface area is 83.8 Å². The van der Waals surface area contributed by atoms with Crippen LogP contribution in [0.1, 0.15) is 32.1 Å². The van der Waals surface area contributed by atoms with E-state index >= 15 is 0 Å². The summed E-state index contributed by atoms with van der Waals surface area (Å²) < 4.78 is 0.257. The predicted molar refractivity (Wildman–Crippen MR) is 56.9 cm³/mol. The smallest absolute Gasteiger partial charge is 0.312 e. The summed E-state index contributed by atoms with van der Waals surface area (Å²) in [5.74, 6) is 0. The molecule has 3 N–H and O–H groups in total. The Hall–Kier alpha value is -0.380. The van der Waals surface area contributed by atoms with E-state index in [0.717, 1.165) is 6.54 Å². The van der Waals surface area contributed by atoms with Crippen LogP contribution in [0, 0.1) is 0 Å². The van der Waals surface area contributed by atoms with Gasteiger partial charge in [-0.25, -0.2) is 4.79 Å². The summed E-state index contributed by atoms with van der Waals surface area (Å²) in [4.78, 5) is 10.6. The van der Waals surface area contributed by atoms with Crippen molar-refractivity contribution in [1.82, 2.24) is 5.32 Å². The van der Waals surface area contributed by atoms with Gasteiger partial charge >= 0.3 is 6.03 Å². The van der Waals surface area contributed by atoms with E-state index in [4.69, 9.17) is 5.73 Å². The van der Waals surface area contributed by atoms with Gasteiger partial charge in [0, 0.05) is 11.3 Å². The van der Waals surface area contributed by atoms with Gasteiger partial charge in [-0.1, -0.05) is 19.3 Å². The van der Waals surface area contributed by atoms with E-state index in [1.54, 1.807) is 0 Å². The first-order valence-corrected chi connectivity index (χ1v) is 5.99. The van der Waals surface area contributed by atoms with E-state index in [1.807, 2.05) is 11.8 Å². The molecule has 1 rings (SSSR count). The molecule has 0 bridgehead atoms. The number of nitrogens with two attached hydrogens (primary N) is 1. The van der Waals surface area contributed by atoms with E-state index in [1.165, 1.54) is 32.1 Å². The number of amides is 2. The van der Waals surface area contributed by atoms with Gasteiger partial charge in [0.2, 0.25) is 0 Å². The second-order valence-electron chi connectivity index (χ2n) is 3.67. The molecular formula is C9H18N2OS. The van der Waals surface area contributed by atoms with Crippen molar-refractivity contribution in [2.45, 2.75) is 36.9 Å². The largest absolute Gasteiger partial charge is 0.352 e. The molecule has 3 nitrogen and oxygen atoms in total. The average molecular weight is 202 g/mol. The summed E-state index contributed by atoms with van der Waals surface area (Å²) in [6.07, 6.45) is 8.42. The van der Waals surface area contributed by atoms with Crippen LogP contribution in [-0.4, -0.2) is 23.6 Å². The van der Waals surface area contributed by atoms with Crippen LogP contribution in [-0.2, 0) is 0 Å². The molecule has 0 radical (unpaired) electrons. The van der Waals surface area contributed by atoms with Crippen LogP contribution in [0.2, 0.25) is 0 Å². The fourth-order valence-corrected chi connectivity index (χ4v) is 2.81. The second kappa shape index (κ2) is 4.74. The molecule has 0 spiro atoms. The fourth-order valence-electron chi connectivity index (χ4n) is 1.90. The first kappa shape index (κ1) is 10.7. The van der Waals surface area contributed by atoms with Crippen molar-refractivity contribution >= 4 is 17.8 Å². The second-order valence-corrected chi connectivity index (χ2v) is 4.94. The van der Waals surface area contributed by atoms with Crippen LogP contribution in [0.25, 0.3) is 0 Å². The van der Waals surface area contributed by atoms with Gasteiger partial charge in [-0.3, -0.25) is 0 Å². The van der Waals surface area contributed by atoms with Crippen LogP contribution >= 0.6 is 11.8 Å². The molecule has 76 valence electrons. The molecule has 0 saturated heterocycles. The fraction of sp³-hybridized carbons (Fsp3) is 0.889. The molecule has 0 aromatic heterocycles. The summed E-state index contributed by atoms with van der Waals surface area (Å²) in [6.45, 7) is 0.726. The number of primary amides is 1. The summed E-state index contributed by atoms with van der Waals surface area (Å²) in [5.41, 5.74) is 5.06. The zero-order valence-electron chi connectivity index (χ0n) is 8.14. The summed E-state index contributed by atoms with van der Waals surface area (Å²) >= 11 is 1.86. The van der Waals surface area contributed by atoms with Crippen molar-refractivity contribution in [3.05, 3.63) is 0 Å². The van der Waals surface area contributed by atoms with E-state index in [2.05, 4.69) is 11.6 Å². The molecule has 0 heterocycles. The molecule has 13 heavy (non-hydrogen) atoms. The summed E-state index contributed by atoms with van der Waals surface area (Å²) in [5, 5.41) is 2.72. The van der Waals surface area contributed by atoms with Gasteiger partial charge in [0.1, 0.15) is 0 Å². The maximum atomic E-state index is 10.6. The molecule has 0 atom stereocenters. The van der Waals surface area contributed by atoms with Crippen LogP contribution in [0.15, 0.2) is 0 Å².